The largest absolute Gasteiger partial charge is 0.465 e. The van der Waals surface area contributed by atoms with Crippen LogP contribution < -0.4 is 11.1 Å². The molecule has 216 valence electrons. The van der Waals surface area contributed by atoms with E-state index in [0.29, 0.717) is 32.4 Å². The first-order chi connectivity index (χ1) is 18.3. The molecule has 38 heavy (non-hydrogen) atoms. The summed E-state index contributed by atoms with van der Waals surface area (Å²) in [5, 5.41) is 13.3. The number of carbonyl (C=O) groups is 1. The number of allylic oxidation sites excluding steroid dienone is 2. The lowest BCUT2D eigenvalue weighted by Gasteiger charge is -2.18. The van der Waals surface area contributed by atoms with Crippen molar-refractivity contribution in [2.45, 2.75) is 47.5 Å². The van der Waals surface area contributed by atoms with Gasteiger partial charge in [0.25, 0.3) is 6.20 Å². The van der Waals surface area contributed by atoms with Crippen LogP contribution in [0.5, 0.6) is 0 Å². The van der Waals surface area contributed by atoms with E-state index < -0.39 is 10.9 Å². The molecule has 0 unspecified atom stereocenters. The molecule has 0 fully saturated rings. The van der Waals surface area contributed by atoms with Gasteiger partial charge in [0.2, 0.25) is 5.96 Å². The van der Waals surface area contributed by atoms with Crippen molar-refractivity contribution < 1.29 is 19.2 Å². The second-order valence-corrected chi connectivity index (χ2v) is 7.30. The molecule has 0 aliphatic carbocycles. The number of ether oxygens (including phenoxy) is 2. The monoisotopic (exact) mass is 538 g/mol. The standard InChI is InChI=1S/C23H40N8O5.C2H6/c1-6-9-12-26-23(28-20(24)17-31(33)34)27-19-30(18-22(32)36-8-3)14-11-10-13-25-21(7-2)29(4)15-16-35-5;1-2/h7,10-11,13,17,19H,6,8-9,12,14-16,18,24H2,1-5H3,(H,26,28);1-2H3/b11-10+,20-17-,21-7+,25-13-,27-19+;. The minimum Gasteiger partial charge on any atom is -0.465 e. The highest BCUT2D eigenvalue weighted by molar-refractivity contribution is 5.89. The van der Waals surface area contributed by atoms with Crippen molar-refractivity contribution in [1.29, 1.82) is 0 Å². The van der Waals surface area contributed by atoms with E-state index in [-0.39, 0.29) is 24.9 Å². The number of nitrogens with zero attached hydrogens (tertiary/aromatic N) is 6. The average molecular weight is 539 g/mol. The van der Waals surface area contributed by atoms with Crippen LogP contribution in [0.3, 0.4) is 0 Å². The first kappa shape index (κ1) is 36.4. The SMILES string of the molecule is CC.C\C=C(/N=C\C=C\CN(/C=N/C(=NCCCC)N/C(N)=C\[N+](=O)[O-])CC(=O)OCC)N(C)CCOC. The summed E-state index contributed by atoms with van der Waals surface area (Å²) in [6.07, 6.45) is 10.9. The first-order valence-corrected chi connectivity index (χ1v) is 12.7. The highest BCUT2D eigenvalue weighted by atomic mass is 16.6. The number of nitro groups is 1. The number of esters is 1. The molecule has 0 aromatic heterocycles. The van der Waals surface area contributed by atoms with Crippen LogP contribution in [0.1, 0.15) is 47.5 Å². The third-order valence-corrected chi connectivity index (χ3v) is 4.30. The number of likely N-dealkylation sites (N-methyl/N-ethyl adjacent to an activating group) is 1. The summed E-state index contributed by atoms with van der Waals surface area (Å²) in [7, 11) is 3.57. The zero-order valence-corrected chi connectivity index (χ0v) is 23.9. The van der Waals surface area contributed by atoms with Crippen molar-refractivity contribution in [3.63, 3.8) is 0 Å². The van der Waals surface area contributed by atoms with Crippen molar-refractivity contribution in [2.75, 3.05) is 53.6 Å². The summed E-state index contributed by atoms with van der Waals surface area (Å²) in [4.78, 5) is 38.5. The van der Waals surface area contributed by atoms with Gasteiger partial charge >= 0.3 is 5.97 Å². The molecule has 0 saturated heterocycles. The fraction of sp³-hybridized carbons (Fsp3) is 0.600. The molecule has 0 bridgehead atoms. The maximum atomic E-state index is 12.0. The number of methoxy groups -OCH3 is 1. The van der Waals surface area contributed by atoms with Crippen molar-refractivity contribution in [2.24, 2.45) is 20.7 Å². The van der Waals surface area contributed by atoms with Gasteiger partial charge in [0.1, 0.15) is 12.4 Å². The number of hydrogen-bond donors (Lipinski definition) is 2. The Morgan fingerprint density at radius 2 is 1.95 bits per heavy atom. The summed E-state index contributed by atoms with van der Waals surface area (Å²) in [6.45, 7) is 11.9. The third-order valence-electron chi connectivity index (χ3n) is 4.30. The normalized spacial score (nSPS) is 12.6. The molecule has 13 heteroatoms. The fourth-order valence-electron chi connectivity index (χ4n) is 2.50. The number of guanidine groups is 1. The molecule has 0 atom stereocenters. The third kappa shape index (κ3) is 20.5. The Morgan fingerprint density at radius 3 is 2.53 bits per heavy atom. The lowest BCUT2D eigenvalue weighted by Crippen LogP contribution is -2.32. The van der Waals surface area contributed by atoms with E-state index in [1.165, 1.54) is 6.34 Å². The minimum absolute atomic E-state index is 0.0544. The number of rotatable bonds is 17. The van der Waals surface area contributed by atoms with Gasteiger partial charge in [-0.2, -0.15) is 0 Å². The Kier molecular flexibility index (Phi) is 23.9. The molecule has 0 saturated carbocycles. The van der Waals surface area contributed by atoms with Crippen molar-refractivity contribution in [3.8, 4) is 0 Å². The molecular weight excluding hydrogens is 492 g/mol. The summed E-state index contributed by atoms with van der Waals surface area (Å²) < 4.78 is 10.1. The minimum atomic E-state index is -0.677. The quantitative estimate of drug-likeness (QED) is 0.0708. The number of hydrogen-bond acceptors (Lipinski definition) is 9. The lowest BCUT2D eigenvalue weighted by molar-refractivity contribution is -0.403. The van der Waals surface area contributed by atoms with Gasteiger partial charge in [-0.25, -0.2) is 9.98 Å². The van der Waals surface area contributed by atoms with Crippen LogP contribution in [-0.2, 0) is 14.3 Å². The average Bonchev–Trinajstić information content (AvgIpc) is 2.88. The van der Waals surface area contributed by atoms with Crippen LogP contribution in [0.25, 0.3) is 0 Å². The summed E-state index contributed by atoms with van der Waals surface area (Å²) in [5.41, 5.74) is 5.63. The van der Waals surface area contributed by atoms with Crippen LogP contribution >= 0.6 is 0 Å². The summed E-state index contributed by atoms with van der Waals surface area (Å²) >= 11 is 0. The van der Waals surface area contributed by atoms with Gasteiger partial charge < -0.3 is 30.3 Å². The van der Waals surface area contributed by atoms with Gasteiger partial charge in [-0.1, -0.05) is 33.3 Å². The second-order valence-electron chi connectivity index (χ2n) is 7.30. The van der Waals surface area contributed by atoms with Gasteiger partial charge in [-0.15, -0.1) is 0 Å². The van der Waals surface area contributed by atoms with Crippen LogP contribution in [0, 0.1) is 10.1 Å². The Bertz CT molecular complexity index is 838. The molecule has 0 aromatic carbocycles. The predicted octanol–water partition coefficient (Wildman–Crippen LogP) is 2.75. The number of unbranched alkanes of at least 4 members (excludes halogenated alkanes) is 1. The molecule has 0 aliphatic heterocycles. The maximum absolute atomic E-state index is 12.0. The topological polar surface area (TPSA) is 160 Å². The summed E-state index contributed by atoms with van der Waals surface area (Å²) in [6, 6.07) is 0. The first-order valence-electron chi connectivity index (χ1n) is 12.7. The number of carbonyl (C=O) groups excluding carboxylic acids is 1. The number of nitrogens with two attached hydrogens (primary N) is 1. The van der Waals surface area contributed by atoms with Crippen LogP contribution in [-0.4, -0.2) is 92.8 Å². The molecule has 0 heterocycles. The highest BCUT2D eigenvalue weighted by Crippen LogP contribution is 2.02. The van der Waals surface area contributed by atoms with E-state index in [9.17, 15) is 14.9 Å². The molecule has 0 spiro atoms. The Morgan fingerprint density at radius 1 is 1.24 bits per heavy atom. The van der Waals surface area contributed by atoms with Gasteiger partial charge in [0.15, 0.2) is 5.82 Å². The van der Waals surface area contributed by atoms with E-state index >= 15 is 0 Å². The molecule has 0 radical (unpaired) electrons. The number of nitrogens with one attached hydrogen (secondary N) is 1. The molecular formula is C25H46N8O5. The highest BCUT2D eigenvalue weighted by Gasteiger charge is 2.08. The molecule has 0 aromatic rings. The van der Waals surface area contributed by atoms with Gasteiger partial charge in [-0.05, 0) is 32.4 Å². The van der Waals surface area contributed by atoms with Gasteiger partial charge in [-0.3, -0.25) is 19.9 Å². The van der Waals surface area contributed by atoms with Crippen molar-refractivity contribution >= 4 is 24.5 Å². The van der Waals surface area contributed by atoms with Crippen LogP contribution in [0.2, 0.25) is 0 Å². The van der Waals surface area contributed by atoms with Crippen molar-refractivity contribution in [1.82, 2.24) is 15.1 Å². The molecule has 0 aliphatic rings. The van der Waals surface area contributed by atoms with Gasteiger partial charge in [0.05, 0.1) is 24.5 Å². The zero-order valence-electron chi connectivity index (χ0n) is 23.9. The molecule has 3 N–H and O–H groups in total. The van der Waals surface area contributed by atoms with E-state index in [1.54, 1.807) is 37.3 Å². The maximum Gasteiger partial charge on any atom is 0.325 e. The molecule has 0 amide bonds. The Balaban J connectivity index is 0. The van der Waals surface area contributed by atoms with Crippen LogP contribution in [0.4, 0.5) is 0 Å². The zero-order chi connectivity index (χ0) is 29.2. The van der Waals surface area contributed by atoms with E-state index in [2.05, 4.69) is 20.3 Å². The Labute approximate surface area is 227 Å². The second kappa shape index (κ2) is 24.9. The Hall–Kier alpha value is -3.74. The van der Waals surface area contributed by atoms with Crippen molar-refractivity contribution in [3.05, 3.63) is 46.2 Å². The van der Waals surface area contributed by atoms with E-state index in [4.69, 9.17) is 15.2 Å². The van der Waals surface area contributed by atoms with E-state index in [0.717, 1.165) is 18.7 Å². The molecule has 0 rings (SSSR count). The van der Waals surface area contributed by atoms with Gasteiger partial charge in [0, 0.05) is 40.0 Å². The predicted molar refractivity (Wildman–Crippen MR) is 154 cm³/mol. The van der Waals surface area contributed by atoms with E-state index in [1.807, 2.05) is 45.7 Å². The summed E-state index contributed by atoms with van der Waals surface area (Å²) in [5.74, 6) is 0.249. The smallest absolute Gasteiger partial charge is 0.325 e. The lowest BCUT2D eigenvalue weighted by atomic mass is 10.3. The van der Waals surface area contributed by atoms with Crippen LogP contribution in [0.15, 0.2) is 51.0 Å². The fourth-order valence-corrected chi connectivity index (χ4v) is 2.50. The number of aliphatic imine (C=N–C) groups is 3. The molecule has 13 nitrogen and oxygen atoms in total.